The molecule has 4 aromatic rings. The molecule has 1 aromatic carbocycles. The summed E-state index contributed by atoms with van der Waals surface area (Å²) >= 11 is 0. The molecule has 2 N–H and O–H groups in total. The number of anilines is 3. The second kappa shape index (κ2) is 19.2. The van der Waals surface area contributed by atoms with Gasteiger partial charge in [0, 0.05) is 93.2 Å². The Hall–Kier alpha value is -6.11. The summed E-state index contributed by atoms with van der Waals surface area (Å²) in [4.78, 5) is 91.8. The summed E-state index contributed by atoms with van der Waals surface area (Å²) in [7, 11) is 0. The number of benzene rings is 1. The zero-order chi connectivity index (χ0) is 52.0. The molecule has 6 aliphatic heterocycles. The molecule has 12 rings (SSSR count). The van der Waals surface area contributed by atoms with Gasteiger partial charge < -0.3 is 34.4 Å². The van der Waals surface area contributed by atoms with Crippen molar-refractivity contribution in [2.45, 2.75) is 152 Å². The Kier molecular flexibility index (Phi) is 12.7. The van der Waals surface area contributed by atoms with Gasteiger partial charge in [-0.15, -0.1) is 0 Å². The number of piperidine rings is 5. The van der Waals surface area contributed by atoms with Crippen molar-refractivity contribution in [2.75, 3.05) is 67.5 Å². The minimum Gasteiger partial charge on any atom is -0.366 e. The Labute approximate surface area is 435 Å². The zero-order valence-electron chi connectivity index (χ0n) is 43.0. The number of halogens is 3. The number of fused-ring (bicyclic) bond motifs is 3. The van der Waals surface area contributed by atoms with Gasteiger partial charge in [-0.05, 0) is 140 Å². The molecule has 0 bridgehead atoms. The molecule has 2 saturated carbocycles. The van der Waals surface area contributed by atoms with Gasteiger partial charge in [0.25, 0.3) is 0 Å². The molecular weight excluding hydrogens is 964 g/mol. The largest absolute Gasteiger partial charge is 0.403 e. The van der Waals surface area contributed by atoms with Crippen molar-refractivity contribution in [3.8, 4) is 11.3 Å². The van der Waals surface area contributed by atoms with Crippen LogP contribution in [0.15, 0.2) is 48.9 Å². The fourth-order valence-electron chi connectivity index (χ4n) is 13.6. The van der Waals surface area contributed by atoms with Gasteiger partial charge in [-0.25, -0.2) is 15.0 Å². The maximum atomic E-state index is 15.5. The first-order valence-corrected chi connectivity index (χ1v) is 27.7. The average Bonchev–Trinajstić information content (AvgIpc) is 4.09. The maximum absolute atomic E-state index is 15.5. The van der Waals surface area contributed by atoms with E-state index in [4.69, 9.17) is 9.97 Å². The van der Waals surface area contributed by atoms with Gasteiger partial charge in [0.2, 0.25) is 29.5 Å². The minimum absolute atomic E-state index is 0.0150. The highest BCUT2D eigenvalue weighted by Crippen LogP contribution is 2.54. The highest BCUT2D eigenvalue weighted by molar-refractivity contribution is 6.09. The number of aromatic nitrogens is 4. The van der Waals surface area contributed by atoms with E-state index in [1.807, 2.05) is 41.6 Å². The third kappa shape index (κ3) is 8.81. The van der Waals surface area contributed by atoms with Gasteiger partial charge in [0.1, 0.15) is 16.7 Å². The normalized spacial score (nSPS) is 25.5. The van der Waals surface area contributed by atoms with E-state index in [1.54, 1.807) is 6.20 Å². The van der Waals surface area contributed by atoms with Crippen LogP contribution in [0.5, 0.6) is 0 Å². The van der Waals surface area contributed by atoms with Gasteiger partial charge in [-0.1, -0.05) is 24.6 Å². The second-order valence-corrected chi connectivity index (χ2v) is 23.2. The summed E-state index contributed by atoms with van der Waals surface area (Å²) in [5.41, 5.74) is 2.21. The predicted molar refractivity (Wildman–Crippen MR) is 276 cm³/mol. The highest BCUT2D eigenvalue weighted by Gasteiger charge is 2.64. The number of pyridine rings is 2. The Morgan fingerprint density at radius 1 is 0.800 bits per heavy atom. The lowest BCUT2D eigenvalue weighted by Gasteiger charge is -2.49. The van der Waals surface area contributed by atoms with E-state index >= 15 is 18.0 Å². The maximum Gasteiger partial charge on any atom is 0.403 e. The second-order valence-electron chi connectivity index (χ2n) is 23.2. The zero-order valence-corrected chi connectivity index (χ0v) is 43.0. The molecule has 19 heteroatoms. The molecule has 3 aromatic heterocycles. The summed E-state index contributed by atoms with van der Waals surface area (Å²) in [6, 6.07) is 12.8. The lowest BCUT2D eigenvalue weighted by atomic mass is 9.71. The van der Waals surface area contributed by atoms with E-state index < -0.39 is 41.7 Å². The highest BCUT2D eigenvalue weighted by atomic mass is 19.4. The molecule has 1 spiro atoms. The summed E-state index contributed by atoms with van der Waals surface area (Å²) in [5.74, 6) is -1.10. The Morgan fingerprint density at radius 2 is 1.52 bits per heavy atom. The van der Waals surface area contributed by atoms with Crippen LogP contribution in [0.2, 0.25) is 0 Å². The van der Waals surface area contributed by atoms with E-state index in [-0.39, 0.29) is 87.1 Å². The van der Waals surface area contributed by atoms with Crippen molar-refractivity contribution in [1.82, 2.24) is 39.5 Å². The van der Waals surface area contributed by atoms with Gasteiger partial charge >= 0.3 is 6.18 Å². The number of hydrogen-bond donors (Lipinski definition) is 2. The number of nitrogens with one attached hydrogen (secondary N) is 2. The Balaban J connectivity index is 0.732. The molecular formula is C56H68F3N11O5. The molecule has 5 saturated heterocycles. The average molecular weight is 1030 g/mol. The van der Waals surface area contributed by atoms with Crippen LogP contribution in [-0.2, 0) is 29.4 Å². The van der Waals surface area contributed by atoms with Gasteiger partial charge in [0.05, 0.1) is 28.9 Å². The first-order chi connectivity index (χ1) is 36.1. The van der Waals surface area contributed by atoms with Crippen LogP contribution in [0.1, 0.15) is 133 Å². The molecule has 7 fully saturated rings. The molecule has 1 atom stereocenters. The molecule has 9 heterocycles. The minimum atomic E-state index is -4.84. The smallest absolute Gasteiger partial charge is 0.366 e. The van der Waals surface area contributed by atoms with Crippen LogP contribution in [0.4, 0.5) is 30.5 Å². The van der Waals surface area contributed by atoms with E-state index in [0.29, 0.717) is 50.3 Å². The third-order valence-electron chi connectivity index (χ3n) is 18.4. The van der Waals surface area contributed by atoms with Crippen molar-refractivity contribution in [3.05, 3.63) is 60.0 Å². The summed E-state index contributed by atoms with van der Waals surface area (Å²) in [6.07, 6.45) is 7.25. The fraction of sp³-hybridized carbons (Fsp3) is 0.607. The third-order valence-corrected chi connectivity index (χ3v) is 18.4. The molecule has 398 valence electrons. The Bertz CT molecular complexity index is 2880. The summed E-state index contributed by atoms with van der Waals surface area (Å²) in [6.45, 7) is 7.12. The van der Waals surface area contributed by atoms with E-state index in [2.05, 4.69) is 49.9 Å². The number of nitrogens with zero attached hydrogens (tertiary/aromatic N) is 9. The molecule has 5 amide bonds. The van der Waals surface area contributed by atoms with Crippen LogP contribution in [0.3, 0.4) is 0 Å². The molecule has 8 aliphatic rings. The first kappa shape index (κ1) is 49.7. The monoisotopic (exact) mass is 1030 g/mol. The van der Waals surface area contributed by atoms with Crippen LogP contribution in [0.25, 0.3) is 22.3 Å². The number of carbonyl (C=O) groups excluding carboxylic acids is 5. The number of imide groups is 1. The van der Waals surface area contributed by atoms with Crippen LogP contribution in [0, 0.1) is 11.3 Å². The van der Waals surface area contributed by atoms with E-state index in [0.717, 1.165) is 83.7 Å². The number of alkyl halides is 3. The van der Waals surface area contributed by atoms with Crippen LogP contribution < -0.4 is 20.4 Å². The number of carbonyl (C=O) groups is 5. The lowest BCUT2D eigenvalue weighted by Crippen LogP contribution is -2.61. The molecule has 16 nitrogen and oxygen atoms in total. The SMILES string of the molecule is CC(C)n1cnc2cc(-c3ccc4c(c3)N([C@H]3C[C@@H](N5CCCCC5)C3)C(=O)C43CCN(C(=O)C4(C(F)(F)F)CCN(C(=O)C5CCN(c6ccc(C7CCC(=O)NC7=O)cn6)CC5)CC4)CC3)nc(NC3CC3)c21. The fourth-order valence-corrected chi connectivity index (χ4v) is 13.6. The van der Waals surface area contributed by atoms with Crippen molar-refractivity contribution >= 4 is 57.9 Å². The lowest BCUT2D eigenvalue weighted by molar-refractivity contribution is -0.239. The number of hydrogen-bond acceptors (Lipinski definition) is 11. The predicted octanol–water partition coefficient (Wildman–Crippen LogP) is 7.48. The van der Waals surface area contributed by atoms with Crippen molar-refractivity contribution in [2.24, 2.45) is 11.3 Å². The molecule has 75 heavy (non-hydrogen) atoms. The molecule has 2 aliphatic carbocycles. The number of likely N-dealkylation sites (tertiary alicyclic amines) is 3. The van der Waals surface area contributed by atoms with Crippen LogP contribution in [-0.4, -0.2) is 140 Å². The van der Waals surface area contributed by atoms with Gasteiger partial charge in [-0.2, -0.15) is 13.2 Å². The standard InChI is InChI=1S/C56H68F3N11O5/c1-34(2)69-33-61-44-31-43(63-49(48(44)69)62-38-8-9-38)36-6-11-42-45(28-36)70(40-29-39(30-40)65-20-4-3-5-21-65)52(74)54(42)16-24-68(25-17-54)53(75)55(56(57,58)59)18-26-67(27-19-55)51(73)35-14-22-66(23-15-35)46-12-7-37(32-60-46)41-10-13-47(71)64-50(41)72/h6-7,11-12,28,31-35,38-41H,3-5,8-10,13-27,29-30H2,1-2H3,(H,62,63)(H,64,71,72)/t39-,40+,41?. The van der Waals surface area contributed by atoms with E-state index in [1.165, 1.54) is 29.1 Å². The van der Waals surface area contributed by atoms with Gasteiger partial charge in [-0.3, -0.25) is 29.3 Å². The molecule has 0 radical (unpaired) electrons. The van der Waals surface area contributed by atoms with Crippen molar-refractivity contribution in [3.63, 3.8) is 0 Å². The number of imidazole rings is 1. The van der Waals surface area contributed by atoms with Crippen LogP contribution >= 0.6 is 0 Å². The number of rotatable bonds is 10. The van der Waals surface area contributed by atoms with Crippen molar-refractivity contribution < 1.29 is 37.1 Å². The Morgan fingerprint density at radius 3 is 2.17 bits per heavy atom. The van der Waals surface area contributed by atoms with Crippen molar-refractivity contribution in [1.29, 1.82) is 0 Å². The number of amides is 5. The quantitative estimate of drug-likeness (QED) is 0.151. The topological polar surface area (TPSA) is 169 Å². The summed E-state index contributed by atoms with van der Waals surface area (Å²) in [5, 5.41) is 6.03. The van der Waals surface area contributed by atoms with E-state index in [9.17, 15) is 19.2 Å². The van der Waals surface area contributed by atoms with Gasteiger partial charge in [0.15, 0.2) is 5.82 Å². The first-order valence-electron chi connectivity index (χ1n) is 27.7. The molecule has 1 unspecified atom stereocenters. The summed E-state index contributed by atoms with van der Waals surface area (Å²) < 4.78 is 48.6.